The Morgan fingerprint density at radius 2 is 1.89 bits per heavy atom. The van der Waals surface area contributed by atoms with E-state index in [2.05, 4.69) is 21.2 Å². The molecule has 2 aromatic rings. The molecule has 3 nitrogen and oxygen atoms in total. The Morgan fingerprint density at radius 1 is 1.11 bits per heavy atom. The van der Waals surface area contributed by atoms with Crippen molar-refractivity contribution in [3.8, 4) is 0 Å². The van der Waals surface area contributed by atoms with Crippen molar-refractivity contribution in [2.45, 2.75) is 0 Å². The standard InChI is InChI=1S/C14H11BrN2O/c15-10-6-7-13-12(8-10)16-9-14(18)17(13)11-4-2-1-3-5-11/h1-8,16H,9H2. The van der Waals surface area contributed by atoms with Crippen molar-refractivity contribution < 1.29 is 4.79 Å². The quantitative estimate of drug-likeness (QED) is 0.874. The molecule has 0 saturated heterocycles. The van der Waals surface area contributed by atoms with Gasteiger partial charge in [0, 0.05) is 10.2 Å². The lowest BCUT2D eigenvalue weighted by Crippen LogP contribution is -2.36. The molecule has 1 N–H and O–H groups in total. The van der Waals surface area contributed by atoms with Crippen LogP contribution in [-0.2, 0) is 4.79 Å². The summed E-state index contributed by atoms with van der Waals surface area (Å²) in [6, 6.07) is 15.6. The van der Waals surface area contributed by atoms with E-state index in [1.165, 1.54) is 0 Å². The van der Waals surface area contributed by atoms with E-state index in [9.17, 15) is 4.79 Å². The lowest BCUT2D eigenvalue weighted by atomic mass is 10.1. The minimum atomic E-state index is 0.0519. The monoisotopic (exact) mass is 302 g/mol. The third kappa shape index (κ3) is 1.88. The predicted molar refractivity (Wildman–Crippen MR) is 76.2 cm³/mol. The zero-order valence-electron chi connectivity index (χ0n) is 9.56. The minimum absolute atomic E-state index is 0.0519. The summed E-state index contributed by atoms with van der Waals surface area (Å²) in [6.45, 7) is 0.318. The fourth-order valence-electron chi connectivity index (χ4n) is 2.09. The van der Waals surface area contributed by atoms with Crippen molar-refractivity contribution in [2.24, 2.45) is 0 Å². The molecule has 0 atom stereocenters. The zero-order chi connectivity index (χ0) is 12.5. The fraction of sp³-hybridized carbons (Fsp3) is 0.0714. The molecule has 0 aromatic heterocycles. The molecule has 18 heavy (non-hydrogen) atoms. The van der Waals surface area contributed by atoms with Crippen molar-refractivity contribution in [1.82, 2.24) is 0 Å². The Morgan fingerprint density at radius 3 is 2.67 bits per heavy atom. The Hall–Kier alpha value is -1.81. The third-order valence-corrected chi connectivity index (χ3v) is 3.39. The number of rotatable bonds is 1. The summed E-state index contributed by atoms with van der Waals surface area (Å²) in [5.41, 5.74) is 2.75. The third-order valence-electron chi connectivity index (χ3n) is 2.89. The first-order valence-electron chi connectivity index (χ1n) is 5.67. The first-order chi connectivity index (χ1) is 8.75. The van der Waals surface area contributed by atoms with E-state index in [0.29, 0.717) is 6.54 Å². The van der Waals surface area contributed by atoms with Crippen molar-refractivity contribution in [3.63, 3.8) is 0 Å². The number of carbonyl (C=O) groups is 1. The lowest BCUT2D eigenvalue weighted by Gasteiger charge is -2.30. The van der Waals surface area contributed by atoms with E-state index in [1.807, 2.05) is 48.5 Å². The highest BCUT2D eigenvalue weighted by molar-refractivity contribution is 9.10. The van der Waals surface area contributed by atoms with Crippen LogP contribution in [0.1, 0.15) is 0 Å². The molecule has 0 unspecified atom stereocenters. The summed E-state index contributed by atoms with van der Waals surface area (Å²) in [4.78, 5) is 13.8. The van der Waals surface area contributed by atoms with Gasteiger partial charge in [-0.25, -0.2) is 0 Å². The maximum absolute atomic E-state index is 12.1. The summed E-state index contributed by atoms with van der Waals surface area (Å²) < 4.78 is 0.996. The van der Waals surface area contributed by atoms with Crippen LogP contribution >= 0.6 is 15.9 Å². The number of hydrogen-bond acceptors (Lipinski definition) is 2. The molecule has 0 bridgehead atoms. The number of halogens is 1. The van der Waals surface area contributed by atoms with Gasteiger partial charge in [-0.15, -0.1) is 0 Å². The lowest BCUT2D eigenvalue weighted by molar-refractivity contribution is -0.116. The second-order valence-electron chi connectivity index (χ2n) is 4.08. The highest BCUT2D eigenvalue weighted by Crippen LogP contribution is 2.36. The van der Waals surface area contributed by atoms with Gasteiger partial charge in [0.25, 0.3) is 5.91 Å². The van der Waals surface area contributed by atoms with Crippen LogP contribution < -0.4 is 10.2 Å². The van der Waals surface area contributed by atoms with Crippen LogP contribution in [0.25, 0.3) is 0 Å². The van der Waals surface area contributed by atoms with Crippen LogP contribution in [0.4, 0.5) is 17.1 Å². The van der Waals surface area contributed by atoms with Crippen molar-refractivity contribution in [2.75, 3.05) is 16.8 Å². The summed E-state index contributed by atoms with van der Waals surface area (Å²) in [5.74, 6) is 0.0519. The number of fused-ring (bicyclic) bond motifs is 1. The number of hydrogen-bond donors (Lipinski definition) is 1. The summed E-state index contributed by atoms with van der Waals surface area (Å²) >= 11 is 3.44. The number of amides is 1. The van der Waals surface area contributed by atoms with Crippen LogP contribution in [0.2, 0.25) is 0 Å². The van der Waals surface area contributed by atoms with Gasteiger partial charge in [0.1, 0.15) is 0 Å². The highest BCUT2D eigenvalue weighted by atomic mass is 79.9. The summed E-state index contributed by atoms with van der Waals surface area (Å²) in [5, 5.41) is 3.13. The molecular weight excluding hydrogens is 292 g/mol. The molecule has 4 heteroatoms. The molecule has 0 aliphatic carbocycles. The normalized spacial score (nSPS) is 14.1. The van der Waals surface area contributed by atoms with Crippen molar-refractivity contribution in [3.05, 3.63) is 53.0 Å². The Bertz CT molecular complexity index is 598. The average Bonchev–Trinajstić information content (AvgIpc) is 2.40. The molecule has 0 saturated carbocycles. The smallest absolute Gasteiger partial charge is 0.250 e. The van der Waals surface area contributed by atoms with E-state index >= 15 is 0 Å². The van der Waals surface area contributed by atoms with Gasteiger partial charge in [0.05, 0.1) is 17.9 Å². The number of carbonyl (C=O) groups excluding carboxylic acids is 1. The van der Waals surface area contributed by atoms with Crippen molar-refractivity contribution >= 4 is 38.9 Å². The number of nitrogens with one attached hydrogen (secondary N) is 1. The van der Waals surface area contributed by atoms with Crippen LogP contribution in [-0.4, -0.2) is 12.5 Å². The van der Waals surface area contributed by atoms with Crippen molar-refractivity contribution in [1.29, 1.82) is 0 Å². The summed E-state index contributed by atoms with van der Waals surface area (Å²) in [6.07, 6.45) is 0. The number of anilines is 3. The number of benzene rings is 2. The SMILES string of the molecule is O=C1CNc2cc(Br)ccc2N1c1ccccc1. The van der Waals surface area contributed by atoms with Gasteiger partial charge >= 0.3 is 0 Å². The first kappa shape index (κ1) is 11.3. The predicted octanol–water partition coefficient (Wildman–Crippen LogP) is 3.54. The molecule has 0 radical (unpaired) electrons. The molecular formula is C14H11BrN2O. The molecule has 2 aromatic carbocycles. The number of para-hydroxylation sites is 1. The zero-order valence-corrected chi connectivity index (χ0v) is 11.1. The molecule has 1 aliphatic rings. The van der Waals surface area contributed by atoms with E-state index in [4.69, 9.17) is 0 Å². The van der Waals surface area contributed by atoms with Gasteiger partial charge in [0.15, 0.2) is 0 Å². The topological polar surface area (TPSA) is 32.3 Å². The Balaban J connectivity index is 2.13. The van der Waals surface area contributed by atoms with Gasteiger partial charge in [-0.1, -0.05) is 34.1 Å². The van der Waals surface area contributed by atoms with Gasteiger partial charge in [-0.3, -0.25) is 9.69 Å². The fourth-order valence-corrected chi connectivity index (χ4v) is 2.45. The second-order valence-corrected chi connectivity index (χ2v) is 5.00. The second kappa shape index (κ2) is 4.46. The van der Waals surface area contributed by atoms with Gasteiger partial charge in [-0.2, -0.15) is 0 Å². The van der Waals surface area contributed by atoms with Crippen LogP contribution in [0.3, 0.4) is 0 Å². The molecule has 0 fully saturated rings. The largest absolute Gasteiger partial charge is 0.374 e. The van der Waals surface area contributed by atoms with Crippen LogP contribution in [0, 0.1) is 0 Å². The van der Waals surface area contributed by atoms with Crippen LogP contribution in [0.15, 0.2) is 53.0 Å². The molecule has 0 spiro atoms. The van der Waals surface area contributed by atoms with Gasteiger partial charge in [0.2, 0.25) is 0 Å². The first-order valence-corrected chi connectivity index (χ1v) is 6.46. The van der Waals surface area contributed by atoms with E-state index < -0.39 is 0 Å². The maximum atomic E-state index is 12.1. The molecule has 90 valence electrons. The Kier molecular flexibility index (Phi) is 2.80. The minimum Gasteiger partial charge on any atom is -0.374 e. The van der Waals surface area contributed by atoms with E-state index in [1.54, 1.807) is 4.90 Å². The molecule has 3 rings (SSSR count). The summed E-state index contributed by atoms with van der Waals surface area (Å²) in [7, 11) is 0. The number of nitrogens with zero attached hydrogens (tertiary/aromatic N) is 1. The van der Waals surface area contributed by atoms with Gasteiger partial charge in [-0.05, 0) is 30.3 Å². The van der Waals surface area contributed by atoms with Crippen LogP contribution in [0.5, 0.6) is 0 Å². The molecule has 1 heterocycles. The highest BCUT2D eigenvalue weighted by Gasteiger charge is 2.24. The Labute approximate surface area is 114 Å². The van der Waals surface area contributed by atoms with E-state index in [0.717, 1.165) is 21.5 Å². The van der Waals surface area contributed by atoms with Gasteiger partial charge < -0.3 is 5.32 Å². The molecule has 1 aliphatic heterocycles. The average molecular weight is 303 g/mol. The van der Waals surface area contributed by atoms with E-state index in [-0.39, 0.29) is 5.91 Å². The molecule has 1 amide bonds. The maximum Gasteiger partial charge on any atom is 0.250 e.